The third-order valence-corrected chi connectivity index (χ3v) is 4.76. The lowest BCUT2D eigenvalue weighted by atomic mass is 9.83. The maximum absolute atomic E-state index is 12.1. The number of fused-ring (bicyclic) bond motifs is 3. The van der Waals surface area contributed by atoms with Crippen molar-refractivity contribution in [3.63, 3.8) is 0 Å². The molecular formula is C21H19NO3. The second-order valence-corrected chi connectivity index (χ2v) is 6.60. The Bertz CT molecular complexity index is 961. The van der Waals surface area contributed by atoms with Gasteiger partial charge in [0.1, 0.15) is 11.5 Å². The van der Waals surface area contributed by atoms with Crippen LogP contribution < -0.4 is 9.64 Å². The summed E-state index contributed by atoms with van der Waals surface area (Å²) in [6.07, 6.45) is 0.295. The lowest BCUT2D eigenvalue weighted by Gasteiger charge is -2.27. The summed E-state index contributed by atoms with van der Waals surface area (Å²) in [5.74, 6) is 0.474. The average molecular weight is 333 g/mol. The number of benzene rings is 3. The fourth-order valence-electron chi connectivity index (χ4n) is 3.48. The molecule has 0 fully saturated rings. The molecule has 3 aromatic carbocycles. The lowest BCUT2D eigenvalue weighted by molar-refractivity contribution is -0.135. The Kier molecular flexibility index (Phi) is 3.61. The zero-order valence-corrected chi connectivity index (χ0v) is 14.2. The molecule has 0 radical (unpaired) electrons. The Labute approximate surface area is 146 Å². The highest BCUT2D eigenvalue weighted by molar-refractivity contribution is 5.93. The highest BCUT2D eigenvalue weighted by Gasteiger charge is 2.30. The van der Waals surface area contributed by atoms with Crippen molar-refractivity contribution in [1.82, 2.24) is 0 Å². The van der Waals surface area contributed by atoms with Crippen molar-refractivity contribution in [3.8, 4) is 11.5 Å². The number of ether oxygens (including phenoxy) is 1. The molecule has 0 saturated carbocycles. The number of phenols is 1. The van der Waals surface area contributed by atoms with Gasteiger partial charge in [-0.15, -0.1) is 0 Å². The van der Waals surface area contributed by atoms with Crippen molar-refractivity contribution in [2.24, 2.45) is 0 Å². The largest absolute Gasteiger partial charge is 0.508 e. The van der Waals surface area contributed by atoms with E-state index < -0.39 is 0 Å². The minimum absolute atomic E-state index is 0.0852. The van der Waals surface area contributed by atoms with Crippen LogP contribution in [0.4, 0.5) is 5.69 Å². The van der Waals surface area contributed by atoms with Crippen LogP contribution in [-0.2, 0) is 4.79 Å². The summed E-state index contributed by atoms with van der Waals surface area (Å²) in [6, 6.07) is 17.3. The van der Waals surface area contributed by atoms with Crippen LogP contribution in [0.3, 0.4) is 0 Å². The van der Waals surface area contributed by atoms with Gasteiger partial charge in [0, 0.05) is 31.3 Å². The molecular weight excluding hydrogens is 314 g/mol. The maximum atomic E-state index is 12.1. The van der Waals surface area contributed by atoms with Crippen LogP contribution in [-0.4, -0.2) is 25.2 Å². The first-order valence-corrected chi connectivity index (χ1v) is 8.26. The van der Waals surface area contributed by atoms with Crippen LogP contribution in [0.1, 0.15) is 23.5 Å². The molecule has 1 N–H and O–H groups in total. The van der Waals surface area contributed by atoms with Gasteiger partial charge in [-0.25, -0.2) is 0 Å². The number of hydrogen-bond acceptors (Lipinski definition) is 4. The normalized spacial score (nSPS) is 16.4. The van der Waals surface area contributed by atoms with E-state index in [4.69, 9.17) is 4.74 Å². The van der Waals surface area contributed by atoms with Crippen LogP contribution in [0.2, 0.25) is 0 Å². The molecule has 4 nitrogen and oxygen atoms in total. The summed E-state index contributed by atoms with van der Waals surface area (Å²) in [4.78, 5) is 14.1. The Morgan fingerprint density at radius 2 is 1.76 bits per heavy atom. The van der Waals surface area contributed by atoms with Gasteiger partial charge in [-0.05, 0) is 46.7 Å². The third kappa shape index (κ3) is 2.70. The summed E-state index contributed by atoms with van der Waals surface area (Å²) < 4.78 is 5.46. The minimum atomic E-state index is -0.228. The van der Waals surface area contributed by atoms with E-state index in [0.29, 0.717) is 12.2 Å². The third-order valence-electron chi connectivity index (χ3n) is 4.76. The summed E-state index contributed by atoms with van der Waals surface area (Å²) in [5.41, 5.74) is 3.14. The first-order valence-electron chi connectivity index (χ1n) is 8.26. The number of carbonyl (C=O) groups excluding carboxylic acids is 1. The molecule has 0 amide bonds. The van der Waals surface area contributed by atoms with Gasteiger partial charge in [-0.2, -0.15) is 0 Å². The first kappa shape index (κ1) is 15.5. The van der Waals surface area contributed by atoms with Gasteiger partial charge in [0.15, 0.2) is 0 Å². The molecule has 0 spiro atoms. The monoisotopic (exact) mass is 333 g/mol. The number of phenolic OH excluding ortho intramolecular Hbond substituents is 1. The molecule has 1 heterocycles. The molecule has 1 unspecified atom stereocenters. The number of nitrogens with zero attached hydrogens (tertiary/aromatic N) is 1. The van der Waals surface area contributed by atoms with Gasteiger partial charge in [-0.3, -0.25) is 4.79 Å². The average Bonchev–Trinajstić information content (AvgIpc) is 2.60. The van der Waals surface area contributed by atoms with E-state index in [1.807, 2.05) is 37.2 Å². The molecule has 4 rings (SSSR count). The van der Waals surface area contributed by atoms with E-state index in [1.165, 1.54) is 0 Å². The number of esters is 1. The van der Waals surface area contributed by atoms with Crippen LogP contribution in [0.15, 0.2) is 54.6 Å². The summed E-state index contributed by atoms with van der Waals surface area (Å²) >= 11 is 0. The predicted molar refractivity (Wildman–Crippen MR) is 98.5 cm³/mol. The molecule has 0 aromatic heterocycles. The van der Waals surface area contributed by atoms with Gasteiger partial charge in [0.25, 0.3) is 0 Å². The Balaban J connectivity index is 1.90. The van der Waals surface area contributed by atoms with Crippen molar-refractivity contribution in [3.05, 3.63) is 65.7 Å². The van der Waals surface area contributed by atoms with Gasteiger partial charge >= 0.3 is 5.97 Å². The van der Waals surface area contributed by atoms with Gasteiger partial charge in [0.2, 0.25) is 0 Å². The topological polar surface area (TPSA) is 49.8 Å². The van der Waals surface area contributed by atoms with E-state index >= 15 is 0 Å². The van der Waals surface area contributed by atoms with E-state index in [1.54, 1.807) is 12.1 Å². The number of carbonyl (C=O) groups is 1. The minimum Gasteiger partial charge on any atom is -0.508 e. The fraction of sp³-hybridized carbons (Fsp3) is 0.190. The summed E-state index contributed by atoms with van der Waals surface area (Å²) in [6.45, 7) is 0. The second kappa shape index (κ2) is 5.81. The maximum Gasteiger partial charge on any atom is 0.312 e. The number of aromatic hydroxyl groups is 1. The highest BCUT2D eigenvalue weighted by Crippen LogP contribution is 2.43. The quantitative estimate of drug-likeness (QED) is 0.568. The zero-order chi connectivity index (χ0) is 17.6. The second-order valence-electron chi connectivity index (χ2n) is 6.60. The molecule has 0 bridgehead atoms. The zero-order valence-electron chi connectivity index (χ0n) is 14.2. The van der Waals surface area contributed by atoms with Crippen LogP contribution in [0.25, 0.3) is 10.8 Å². The van der Waals surface area contributed by atoms with E-state index in [9.17, 15) is 9.90 Å². The molecule has 1 aliphatic heterocycles. The number of hydrogen-bond donors (Lipinski definition) is 1. The van der Waals surface area contributed by atoms with Crippen molar-refractivity contribution in [2.75, 3.05) is 19.0 Å². The molecule has 25 heavy (non-hydrogen) atoms. The van der Waals surface area contributed by atoms with E-state index in [2.05, 4.69) is 24.3 Å². The van der Waals surface area contributed by atoms with Gasteiger partial charge in [0.05, 0.1) is 6.42 Å². The molecule has 4 heteroatoms. The predicted octanol–water partition coefficient (Wildman–Crippen LogP) is 4.05. The van der Waals surface area contributed by atoms with Crippen molar-refractivity contribution < 1.29 is 14.6 Å². The van der Waals surface area contributed by atoms with E-state index in [0.717, 1.165) is 27.6 Å². The molecule has 1 atom stereocenters. The van der Waals surface area contributed by atoms with E-state index in [-0.39, 0.29) is 17.6 Å². The number of anilines is 1. The lowest BCUT2D eigenvalue weighted by Crippen LogP contribution is -2.21. The van der Waals surface area contributed by atoms with Crippen molar-refractivity contribution in [1.29, 1.82) is 0 Å². The van der Waals surface area contributed by atoms with Crippen molar-refractivity contribution in [2.45, 2.75) is 12.3 Å². The molecule has 0 saturated heterocycles. The van der Waals surface area contributed by atoms with Crippen LogP contribution >= 0.6 is 0 Å². The van der Waals surface area contributed by atoms with Crippen molar-refractivity contribution >= 4 is 22.4 Å². The highest BCUT2D eigenvalue weighted by atomic mass is 16.5. The SMILES string of the molecule is CN(C)c1ccc(C2CC(=O)Oc3ccc4ccc(O)cc4c32)cc1. The van der Waals surface area contributed by atoms with Crippen LogP contribution in [0.5, 0.6) is 11.5 Å². The van der Waals surface area contributed by atoms with Crippen LogP contribution in [0, 0.1) is 0 Å². The fourth-order valence-corrected chi connectivity index (χ4v) is 3.48. The van der Waals surface area contributed by atoms with Gasteiger partial charge < -0.3 is 14.7 Å². The smallest absolute Gasteiger partial charge is 0.312 e. The Hall–Kier alpha value is -3.01. The summed E-state index contributed by atoms with van der Waals surface area (Å²) in [7, 11) is 4.00. The standard InChI is InChI=1S/C21H19NO3/c1-22(2)15-7-3-13(4-8-15)18-12-20(24)25-19-10-6-14-5-9-16(23)11-17(14)21(18)19/h3-11,18,23H,12H2,1-2H3. The first-order chi connectivity index (χ1) is 12.0. The Morgan fingerprint density at radius 3 is 2.48 bits per heavy atom. The molecule has 3 aromatic rings. The Morgan fingerprint density at radius 1 is 1.04 bits per heavy atom. The number of rotatable bonds is 2. The molecule has 126 valence electrons. The molecule has 1 aliphatic rings. The molecule has 0 aliphatic carbocycles. The summed E-state index contributed by atoms with van der Waals surface area (Å²) in [5, 5.41) is 11.9. The van der Waals surface area contributed by atoms with Gasteiger partial charge in [-0.1, -0.05) is 24.3 Å².